The Kier molecular flexibility index (Phi) is 5.51. The van der Waals surface area contributed by atoms with Crippen LogP contribution in [0.2, 0.25) is 0 Å². The number of nitrogens with zero attached hydrogens (tertiary/aromatic N) is 1. The normalized spacial score (nSPS) is 13.3. The van der Waals surface area contributed by atoms with Gasteiger partial charge in [-0.2, -0.15) is 0 Å². The van der Waals surface area contributed by atoms with E-state index in [1.54, 1.807) is 12.1 Å². The molecule has 0 unspecified atom stereocenters. The molecule has 1 aliphatic rings. The van der Waals surface area contributed by atoms with E-state index >= 15 is 0 Å². The van der Waals surface area contributed by atoms with Crippen molar-refractivity contribution in [1.29, 1.82) is 0 Å². The summed E-state index contributed by atoms with van der Waals surface area (Å²) in [7, 11) is -3.36. The maximum Gasteiger partial charge on any atom is 0.184 e. The summed E-state index contributed by atoms with van der Waals surface area (Å²) in [5, 5.41) is 2.59. The number of thiazole rings is 1. The smallest absolute Gasteiger partial charge is 0.184 e. The summed E-state index contributed by atoms with van der Waals surface area (Å²) in [6, 6.07) is 13.5. The first-order valence-corrected chi connectivity index (χ1v) is 10.9. The fraction of sp³-hybridized carbons (Fsp3) is 0.250. The van der Waals surface area contributed by atoms with Crippen molar-refractivity contribution in [3.8, 4) is 11.3 Å². The highest BCUT2D eigenvalue weighted by Crippen LogP contribution is 2.29. The summed E-state index contributed by atoms with van der Waals surface area (Å²) >= 11 is 1.41. The Morgan fingerprint density at radius 3 is 2.54 bits per heavy atom. The van der Waals surface area contributed by atoms with Crippen molar-refractivity contribution >= 4 is 33.6 Å². The third-order valence-electron chi connectivity index (χ3n) is 4.64. The van der Waals surface area contributed by atoms with Crippen molar-refractivity contribution in [3.05, 3.63) is 69.5 Å². The number of aryl methyl sites for hydroxylation is 3. The van der Waals surface area contributed by atoms with Crippen LogP contribution in [0.3, 0.4) is 0 Å². The van der Waals surface area contributed by atoms with Crippen LogP contribution in [0.25, 0.3) is 11.3 Å². The monoisotopic (exact) mass is 405 g/mol. The Labute approximate surface area is 164 Å². The maximum atomic E-state index is 12.6. The summed E-state index contributed by atoms with van der Waals surface area (Å²) in [5.74, 6) is -0.0499. The summed E-state index contributed by atoms with van der Waals surface area (Å²) < 4.78 is 25.2. The molecule has 0 saturated carbocycles. The van der Waals surface area contributed by atoms with Crippen LogP contribution >= 0.6 is 23.7 Å². The largest absolute Gasteiger partial charge is 0.240 e. The standard InChI is InChI=1S/C20H19NO2S2.ClH/c1-14-5-9-18(10-6-14)25(22,23)13-20-21-19(12-24-20)17-8-7-15-3-2-4-16(15)11-17;/h5-12H,2-4,13H2,1H3;1H. The lowest BCUT2D eigenvalue weighted by Crippen LogP contribution is -2.04. The van der Waals surface area contributed by atoms with E-state index in [-0.39, 0.29) is 18.2 Å². The van der Waals surface area contributed by atoms with Crippen LogP contribution in [0.1, 0.15) is 28.1 Å². The first kappa shape index (κ1) is 19.1. The number of sulfone groups is 1. The number of hydrogen-bond acceptors (Lipinski definition) is 4. The Balaban J connectivity index is 0.00000196. The van der Waals surface area contributed by atoms with Gasteiger partial charge in [0.15, 0.2) is 9.84 Å². The molecule has 1 heterocycles. The van der Waals surface area contributed by atoms with Gasteiger partial charge in [0, 0.05) is 10.9 Å². The van der Waals surface area contributed by atoms with E-state index in [9.17, 15) is 8.42 Å². The molecule has 0 aliphatic heterocycles. The van der Waals surface area contributed by atoms with E-state index in [2.05, 4.69) is 23.2 Å². The molecule has 3 aromatic rings. The van der Waals surface area contributed by atoms with Crippen molar-refractivity contribution in [2.75, 3.05) is 0 Å². The number of aromatic nitrogens is 1. The second kappa shape index (κ2) is 7.51. The summed E-state index contributed by atoms with van der Waals surface area (Å²) in [5.41, 5.74) is 5.83. The van der Waals surface area contributed by atoms with Gasteiger partial charge in [0.25, 0.3) is 0 Å². The van der Waals surface area contributed by atoms with Gasteiger partial charge >= 0.3 is 0 Å². The Bertz CT molecular complexity index is 1020. The zero-order chi connectivity index (χ0) is 17.4. The van der Waals surface area contributed by atoms with Crippen LogP contribution in [0.4, 0.5) is 0 Å². The van der Waals surface area contributed by atoms with Crippen molar-refractivity contribution in [1.82, 2.24) is 4.98 Å². The predicted octanol–water partition coefficient (Wildman–Crippen LogP) is 5.00. The van der Waals surface area contributed by atoms with Gasteiger partial charge in [-0.25, -0.2) is 13.4 Å². The molecule has 4 rings (SSSR count). The molecule has 6 heteroatoms. The molecule has 0 fully saturated rings. The lowest BCUT2D eigenvalue weighted by Gasteiger charge is -2.03. The third-order valence-corrected chi connectivity index (χ3v) is 7.32. The number of halogens is 1. The molecule has 0 amide bonds. The molecule has 0 spiro atoms. The summed E-state index contributed by atoms with van der Waals surface area (Å²) in [6.07, 6.45) is 3.50. The van der Waals surface area contributed by atoms with E-state index in [1.807, 2.05) is 24.4 Å². The topological polar surface area (TPSA) is 47.0 Å². The minimum atomic E-state index is -3.36. The van der Waals surface area contributed by atoms with Gasteiger partial charge in [-0.05, 0) is 55.5 Å². The Hall–Kier alpha value is -1.69. The van der Waals surface area contributed by atoms with Crippen molar-refractivity contribution in [2.45, 2.75) is 36.8 Å². The van der Waals surface area contributed by atoms with Gasteiger partial charge in [0.2, 0.25) is 0 Å². The highest BCUT2D eigenvalue weighted by atomic mass is 35.5. The van der Waals surface area contributed by atoms with Gasteiger partial charge in [0.1, 0.15) is 10.8 Å². The van der Waals surface area contributed by atoms with Crippen molar-refractivity contribution in [2.24, 2.45) is 0 Å². The summed E-state index contributed by atoms with van der Waals surface area (Å²) in [4.78, 5) is 4.93. The number of hydrogen-bond donors (Lipinski definition) is 0. The summed E-state index contributed by atoms with van der Waals surface area (Å²) in [6.45, 7) is 1.94. The van der Waals surface area contributed by atoms with Crippen LogP contribution in [-0.4, -0.2) is 13.4 Å². The second-order valence-corrected chi connectivity index (χ2v) is 9.47. The lowest BCUT2D eigenvalue weighted by atomic mass is 10.1. The van der Waals surface area contributed by atoms with Gasteiger partial charge in [-0.1, -0.05) is 29.8 Å². The Morgan fingerprint density at radius 1 is 1.04 bits per heavy atom. The van der Waals surface area contributed by atoms with Gasteiger partial charge in [-0.15, -0.1) is 23.7 Å². The highest BCUT2D eigenvalue weighted by Gasteiger charge is 2.18. The molecule has 3 nitrogen and oxygen atoms in total. The zero-order valence-electron chi connectivity index (χ0n) is 14.4. The van der Waals surface area contributed by atoms with Gasteiger partial charge < -0.3 is 0 Å². The molecule has 0 atom stereocenters. The zero-order valence-corrected chi connectivity index (χ0v) is 16.9. The lowest BCUT2D eigenvalue weighted by molar-refractivity contribution is 0.595. The van der Waals surface area contributed by atoms with E-state index in [0.717, 1.165) is 29.7 Å². The molecule has 1 aliphatic carbocycles. The van der Waals surface area contributed by atoms with Crippen LogP contribution < -0.4 is 0 Å². The average Bonchev–Trinajstić information content (AvgIpc) is 3.23. The number of benzene rings is 2. The third kappa shape index (κ3) is 3.85. The molecule has 26 heavy (non-hydrogen) atoms. The van der Waals surface area contributed by atoms with Crippen LogP contribution in [0.5, 0.6) is 0 Å². The minimum absolute atomic E-state index is 0. The molecule has 2 aromatic carbocycles. The van der Waals surface area contributed by atoms with E-state index < -0.39 is 9.84 Å². The molecule has 1 aromatic heterocycles. The van der Waals surface area contributed by atoms with Gasteiger partial charge in [0.05, 0.1) is 10.6 Å². The van der Waals surface area contributed by atoms with Crippen LogP contribution in [0.15, 0.2) is 52.7 Å². The first-order valence-electron chi connectivity index (χ1n) is 8.37. The Morgan fingerprint density at radius 2 is 1.77 bits per heavy atom. The molecule has 0 N–H and O–H groups in total. The first-order chi connectivity index (χ1) is 12.0. The molecule has 0 saturated heterocycles. The maximum absolute atomic E-state index is 12.6. The highest BCUT2D eigenvalue weighted by molar-refractivity contribution is 7.90. The van der Waals surface area contributed by atoms with E-state index in [4.69, 9.17) is 0 Å². The second-order valence-electron chi connectivity index (χ2n) is 6.54. The molecular weight excluding hydrogens is 386 g/mol. The van der Waals surface area contributed by atoms with Gasteiger partial charge in [-0.3, -0.25) is 0 Å². The van der Waals surface area contributed by atoms with Crippen molar-refractivity contribution in [3.63, 3.8) is 0 Å². The molecule has 0 radical (unpaired) electrons. The minimum Gasteiger partial charge on any atom is -0.240 e. The van der Waals surface area contributed by atoms with E-state index in [1.165, 1.54) is 28.9 Å². The fourth-order valence-electron chi connectivity index (χ4n) is 3.23. The number of rotatable bonds is 4. The number of fused-ring (bicyclic) bond motifs is 1. The molecular formula is C20H20ClNO2S2. The quantitative estimate of drug-likeness (QED) is 0.613. The van der Waals surface area contributed by atoms with E-state index in [0.29, 0.717) is 9.90 Å². The average molecular weight is 406 g/mol. The molecule has 0 bridgehead atoms. The SMILES string of the molecule is Cc1ccc(S(=O)(=O)Cc2nc(-c3ccc4c(c3)CCC4)cs2)cc1.Cl. The van der Waals surface area contributed by atoms with Crippen LogP contribution in [0, 0.1) is 6.92 Å². The van der Waals surface area contributed by atoms with Crippen molar-refractivity contribution < 1.29 is 8.42 Å². The van der Waals surface area contributed by atoms with Crippen LogP contribution in [-0.2, 0) is 28.4 Å². The predicted molar refractivity (Wildman–Crippen MR) is 109 cm³/mol. The molecule has 136 valence electrons. The fourth-order valence-corrected chi connectivity index (χ4v) is 5.66.